The minimum absolute atomic E-state index is 0.182. The molecule has 0 aliphatic heterocycles. The Morgan fingerprint density at radius 2 is 2.11 bits per heavy atom. The Morgan fingerprint density at radius 3 is 2.83 bits per heavy atom. The van der Waals surface area contributed by atoms with Crippen molar-refractivity contribution in [2.45, 2.75) is 50.0 Å². The van der Waals surface area contributed by atoms with Crippen molar-refractivity contribution in [2.75, 3.05) is 11.5 Å². The van der Waals surface area contributed by atoms with E-state index in [2.05, 4.69) is 6.92 Å². The zero-order chi connectivity index (χ0) is 13.0. The molecule has 2 nitrogen and oxygen atoms in total. The van der Waals surface area contributed by atoms with Gasteiger partial charge in [-0.1, -0.05) is 31.7 Å². The molecule has 3 N–H and O–H groups in total. The Kier molecular flexibility index (Phi) is 4.95. The van der Waals surface area contributed by atoms with Crippen molar-refractivity contribution in [1.82, 2.24) is 0 Å². The SMILES string of the molecule is Cc1ccc(N)cc1SCC(O)CC1CCCC1. The lowest BCUT2D eigenvalue weighted by Gasteiger charge is -2.15. The summed E-state index contributed by atoms with van der Waals surface area (Å²) in [5.41, 5.74) is 7.83. The van der Waals surface area contributed by atoms with Crippen LogP contribution in [0.1, 0.15) is 37.7 Å². The second kappa shape index (κ2) is 6.48. The summed E-state index contributed by atoms with van der Waals surface area (Å²) in [6.45, 7) is 2.09. The van der Waals surface area contributed by atoms with Gasteiger partial charge < -0.3 is 10.8 Å². The van der Waals surface area contributed by atoms with Crippen LogP contribution in [0.4, 0.5) is 5.69 Å². The number of hydrogen-bond donors (Lipinski definition) is 2. The molecular formula is C15H23NOS. The molecule has 1 atom stereocenters. The molecule has 0 radical (unpaired) electrons. The van der Waals surface area contributed by atoms with Crippen molar-refractivity contribution in [3.8, 4) is 0 Å². The van der Waals surface area contributed by atoms with Crippen LogP contribution in [0.15, 0.2) is 23.1 Å². The maximum Gasteiger partial charge on any atom is 0.0636 e. The molecule has 0 aromatic heterocycles. The topological polar surface area (TPSA) is 46.2 Å². The van der Waals surface area contributed by atoms with E-state index in [1.54, 1.807) is 11.8 Å². The van der Waals surface area contributed by atoms with Gasteiger partial charge >= 0.3 is 0 Å². The molecular weight excluding hydrogens is 242 g/mol. The number of aliphatic hydroxyl groups excluding tert-OH is 1. The number of thioether (sulfide) groups is 1. The van der Waals surface area contributed by atoms with E-state index in [-0.39, 0.29) is 6.10 Å². The monoisotopic (exact) mass is 265 g/mol. The van der Waals surface area contributed by atoms with E-state index in [1.165, 1.54) is 36.1 Å². The number of hydrogen-bond acceptors (Lipinski definition) is 3. The fraction of sp³-hybridized carbons (Fsp3) is 0.600. The van der Waals surface area contributed by atoms with Crippen LogP contribution >= 0.6 is 11.8 Å². The lowest BCUT2D eigenvalue weighted by Crippen LogP contribution is -2.14. The number of benzene rings is 1. The highest BCUT2D eigenvalue weighted by Gasteiger charge is 2.19. The van der Waals surface area contributed by atoms with Crippen LogP contribution in [0.2, 0.25) is 0 Å². The predicted molar refractivity (Wildman–Crippen MR) is 78.9 cm³/mol. The zero-order valence-electron chi connectivity index (χ0n) is 11.1. The van der Waals surface area contributed by atoms with Gasteiger partial charge in [-0.3, -0.25) is 0 Å². The summed E-state index contributed by atoms with van der Waals surface area (Å²) in [4.78, 5) is 1.19. The Bertz CT molecular complexity index is 388. The lowest BCUT2D eigenvalue weighted by atomic mass is 10.0. The smallest absolute Gasteiger partial charge is 0.0636 e. The van der Waals surface area contributed by atoms with Gasteiger partial charge in [-0.25, -0.2) is 0 Å². The fourth-order valence-electron chi connectivity index (χ4n) is 2.66. The standard InChI is InChI=1S/C15H23NOS/c1-11-6-7-13(16)9-15(11)18-10-14(17)8-12-4-2-3-5-12/h6-7,9,12,14,17H,2-5,8,10,16H2,1H3. The minimum Gasteiger partial charge on any atom is -0.399 e. The van der Waals surface area contributed by atoms with E-state index in [9.17, 15) is 5.11 Å². The van der Waals surface area contributed by atoms with E-state index in [1.807, 2.05) is 18.2 Å². The summed E-state index contributed by atoms with van der Waals surface area (Å²) in [6, 6.07) is 5.97. The molecule has 0 bridgehead atoms. The number of nitrogen functional groups attached to an aromatic ring is 1. The molecule has 1 fully saturated rings. The van der Waals surface area contributed by atoms with E-state index in [0.717, 1.165) is 23.8 Å². The summed E-state index contributed by atoms with van der Waals surface area (Å²) >= 11 is 1.72. The van der Waals surface area contributed by atoms with Crippen LogP contribution in [0.25, 0.3) is 0 Å². The first kappa shape index (κ1) is 13.8. The van der Waals surface area contributed by atoms with Crippen LogP contribution in [-0.2, 0) is 0 Å². The number of aryl methyl sites for hydroxylation is 1. The Morgan fingerprint density at radius 1 is 1.39 bits per heavy atom. The summed E-state index contributed by atoms with van der Waals surface area (Å²) < 4.78 is 0. The molecule has 1 unspecified atom stereocenters. The molecule has 1 aromatic rings. The van der Waals surface area contributed by atoms with Gasteiger partial charge in [-0.05, 0) is 37.0 Å². The first-order chi connectivity index (χ1) is 8.65. The number of nitrogens with two attached hydrogens (primary N) is 1. The molecule has 18 heavy (non-hydrogen) atoms. The Hall–Kier alpha value is -0.670. The van der Waals surface area contributed by atoms with Gasteiger partial charge in [0, 0.05) is 16.3 Å². The largest absolute Gasteiger partial charge is 0.399 e. The predicted octanol–water partition coefficient (Wildman–Crippen LogP) is 3.61. The van der Waals surface area contributed by atoms with Gasteiger partial charge in [-0.15, -0.1) is 11.8 Å². The lowest BCUT2D eigenvalue weighted by molar-refractivity contribution is 0.166. The number of anilines is 1. The van der Waals surface area contributed by atoms with E-state index in [4.69, 9.17) is 5.73 Å². The quantitative estimate of drug-likeness (QED) is 0.631. The second-order valence-corrected chi connectivity index (χ2v) is 6.44. The van der Waals surface area contributed by atoms with Crippen LogP contribution in [0, 0.1) is 12.8 Å². The first-order valence-corrected chi connectivity index (χ1v) is 7.80. The van der Waals surface area contributed by atoms with Crippen LogP contribution in [-0.4, -0.2) is 17.0 Å². The van der Waals surface area contributed by atoms with Gasteiger partial charge in [-0.2, -0.15) is 0 Å². The second-order valence-electron chi connectivity index (χ2n) is 5.38. The molecule has 0 heterocycles. The van der Waals surface area contributed by atoms with E-state index < -0.39 is 0 Å². The molecule has 2 rings (SSSR count). The van der Waals surface area contributed by atoms with Crippen molar-refractivity contribution < 1.29 is 5.11 Å². The van der Waals surface area contributed by atoms with Gasteiger partial charge in [0.15, 0.2) is 0 Å². The molecule has 1 saturated carbocycles. The number of rotatable bonds is 5. The summed E-state index contributed by atoms with van der Waals surface area (Å²) in [7, 11) is 0. The highest BCUT2D eigenvalue weighted by atomic mass is 32.2. The summed E-state index contributed by atoms with van der Waals surface area (Å²) in [5, 5.41) is 10.1. The molecule has 1 aliphatic rings. The van der Waals surface area contributed by atoms with Crippen molar-refractivity contribution >= 4 is 17.4 Å². The van der Waals surface area contributed by atoms with Gasteiger partial charge in [0.25, 0.3) is 0 Å². The molecule has 0 saturated heterocycles. The molecule has 1 aromatic carbocycles. The average molecular weight is 265 g/mol. The molecule has 100 valence electrons. The van der Waals surface area contributed by atoms with E-state index in [0.29, 0.717) is 0 Å². The highest BCUT2D eigenvalue weighted by molar-refractivity contribution is 7.99. The maximum absolute atomic E-state index is 10.1. The zero-order valence-corrected chi connectivity index (χ0v) is 11.9. The van der Waals surface area contributed by atoms with Gasteiger partial charge in [0.1, 0.15) is 0 Å². The van der Waals surface area contributed by atoms with E-state index >= 15 is 0 Å². The minimum atomic E-state index is -0.182. The van der Waals surface area contributed by atoms with Gasteiger partial charge in [0.2, 0.25) is 0 Å². The molecule has 0 amide bonds. The van der Waals surface area contributed by atoms with Crippen molar-refractivity contribution in [1.29, 1.82) is 0 Å². The highest BCUT2D eigenvalue weighted by Crippen LogP contribution is 2.31. The van der Waals surface area contributed by atoms with Crippen molar-refractivity contribution in [3.63, 3.8) is 0 Å². The van der Waals surface area contributed by atoms with Crippen LogP contribution < -0.4 is 5.73 Å². The normalized spacial score (nSPS) is 18.1. The third kappa shape index (κ3) is 3.92. The summed E-state index contributed by atoms with van der Waals surface area (Å²) in [5.74, 6) is 1.53. The average Bonchev–Trinajstić information content (AvgIpc) is 2.83. The maximum atomic E-state index is 10.1. The van der Waals surface area contributed by atoms with Gasteiger partial charge in [0.05, 0.1) is 6.10 Å². The van der Waals surface area contributed by atoms with Crippen molar-refractivity contribution in [2.24, 2.45) is 5.92 Å². The number of aliphatic hydroxyl groups is 1. The van der Waals surface area contributed by atoms with Crippen LogP contribution in [0.5, 0.6) is 0 Å². The first-order valence-electron chi connectivity index (χ1n) is 6.82. The Balaban J connectivity index is 1.81. The molecule has 1 aliphatic carbocycles. The third-order valence-corrected chi connectivity index (χ3v) is 5.03. The molecule has 3 heteroatoms. The Labute approximate surface area is 114 Å². The van der Waals surface area contributed by atoms with Crippen LogP contribution in [0.3, 0.4) is 0 Å². The summed E-state index contributed by atoms with van der Waals surface area (Å²) in [6.07, 6.45) is 6.09. The third-order valence-electron chi connectivity index (χ3n) is 3.72. The fourth-order valence-corrected chi connectivity index (χ4v) is 3.68. The molecule has 0 spiro atoms. The van der Waals surface area contributed by atoms with Crippen molar-refractivity contribution in [3.05, 3.63) is 23.8 Å².